The molecule has 2 aliphatic rings. The first-order valence-electron chi connectivity index (χ1n) is 4.55. The van der Waals surface area contributed by atoms with Gasteiger partial charge in [0.2, 0.25) is 0 Å². The van der Waals surface area contributed by atoms with Crippen LogP contribution in [0.4, 0.5) is 0 Å². The second-order valence-corrected chi connectivity index (χ2v) is 3.32. The fourth-order valence-electron chi connectivity index (χ4n) is 1.99. The molecule has 0 aromatic rings. The van der Waals surface area contributed by atoms with Gasteiger partial charge in [-0.2, -0.15) is 0 Å². The van der Waals surface area contributed by atoms with Crippen molar-refractivity contribution in [3.05, 3.63) is 0 Å². The molecule has 0 amide bonds. The summed E-state index contributed by atoms with van der Waals surface area (Å²) >= 11 is 0. The van der Waals surface area contributed by atoms with E-state index in [4.69, 9.17) is 0 Å². The number of hydrogen-bond acceptors (Lipinski definition) is 1. The van der Waals surface area contributed by atoms with Gasteiger partial charge in [-0.05, 0) is 31.7 Å². The zero-order valence-electron chi connectivity index (χ0n) is 7.43. The summed E-state index contributed by atoms with van der Waals surface area (Å²) in [5.74, 6) is 2.19. The third-order valence-corrected chi connectivity index (χ3v) is 2.67. The highest BCUT2D eigenvalue weighted by Crippen LogP contribution is 2.39. The Kier molecular flexibility index (Phi) is 2.72. The molecule has 0 radical (unpaired) electrons. The Balaban J connectivity index is 0.000000231. The molecule has 0 N–H and O–H groups in total. The topological polar surface area (TPSA) is 3.24 Å². The van der Waals surface area contributed by atoms with Crippen LogP contribution in [0, 0.1) is 11.8 Å². The van der Waals surface area contributed by atoms with Gasteiger partial charge in [0.25, 0.3) is 0 Å². The van der Waals surface area contributed by atoms with Gasteiger partial charge in [0.05, 0.1) is 0 Å². The van der Waals surface area contributed by atoms with E-state index in [9.17, 15) is 0 Å². The van der Waals surface area contributed by atoms with Gasteiger partial charge in [-0.1, -0.05) is 13.8 Å². The number of nitrogens with zero attached hydrogens (tertiary/aromatic N) is 1. The van der Waals surface area contributed by atoms with E-state index in [0.717, 1.165) is 11.8 Å². The lowest BCUT2D eigenvalue weighted by molar-refractivity contribution is 0.243. The van der Waals surface area contributed by atoms with Crippen molar-refractivity contribution in [3.63, 3.8) is 0 Å². The van der Waals surface area contributed by atoms with Crippen molar-refractivity contribution < 1.29 is 0 Å². The normalized spacial score (nSPS) is 37.5. The number of rotatable bonds is 0. The third-order valence-electron chi connectivity index (χ3n) is 2.67. The summed E-state index contributed by atoms with van der Waals surface area (Å²) in [7, 11) is 2.23. The third kappa shape index (κ3) is 1.34. The first kappa shape index (κ1) is 8.06. The smallest absolute Gasteiger partial charge is 0.000985 e. The zero-order chi connectivity index (χ0) is 7.56. The Labute approximate surface area is 64.4 Å². The summed E-state index contributed by atoms with van der Waals surface area (Å²) in [6, 6.07) is 0. The van der Waals surface area contributed by atoms with Gasteiger partial charge in [0.15, 0.2) is 0 Å². The van der Waals surface area contributed by atoms with E-state index in [0.29, 0.717) is 0 Å². The lowest BCUT2D eigenvalue weighted by atomic mass is 9.77. The largest absolute Gasteiger partial charge is 0.306 e. The molecule has 0 aromatic carbocycles. The molecule has 1 nitrogen and oxygen atoms in total. The number of hydrogen-bond donors (Lipinski definition) is 0. The van der Waals surface area contributed by atoms with Crippen LogP contribution < -0.4 is 0 Å². The number of fused-ring (bicyclic) bond motifs is 1. The average molecular weight is 141 g/mol. The molecule has 1 heteroatoms. The lowest BCUT2D eigenvalue weighted by Crippen LogP contribution is -2.22. The minimum atomic E-state index is 1.10. The Morgan fingerprint density at radius 3 is 1.60 bits per heavy atom. The molecule has 60 valence electrons. The van der Waals surface area contributed by atoms with E-state index in [1.54, 1.807) is 0 Å². The molecule has 1 aliphatic carbocycles. The van der Waals surface area contributed by atoms with Gasteiger partial charge < -0.3 is 4.90 Å². The highest BCUT2D eigenvalue weighted by molar-refractivity contribution is 4.89. The van der Waals surface area contributed by atoms with Crippen molar-refractivity contribution in [2.75, 3.05) is 20.1 Å². The summed E-state index contributed by atoms with van der Waals surface area (Å²) < 4.78 is 0. The molecule has 2 unspecified atom stereocenters. The zero-order valence-corrected chi connectivity index (χ0v) is 7.43. The molecular weight excluding hydrogens is 122 g/mol. The minimum absolute atomic E-state index is 1.10. The van der Waals surface area contributed by atoms with Crippen LogP contribution in [0.25, 0.3) is 0 Å². The molecule has 2 atom stereocenters. The predicted octanol–water partition coefficient (Wildman–Crippen LogP) is 1.98. The van der Waals surface area contributed by atoms with Gasteiger partial charge in [-0.15, -0.1) is 0 Å². The van der Waals surface area contributed by atoms with Gasteiger partial charge >= 0.3 is 0 Å². The second kappa shape index (κ2) is 3.38. The summed E-state index contributed by atoms with van der Waals surface area (Å²) in [5.41, 5.74) is 0. The molecule has 1 saturated heterocycles. The quantitative estimate of drug-likeness (QED) is 0.498. The van der Waals surface area contributed by atoms with E-state index < -0.39 is 0 Å². The van der Waals surface area contributed by atoms with Crippen LogP contribution in [0.1, 0.15) is 26.7 Å². The molecule has 2 rings (SSSR count). The van der Waals surface area contributed by atoms with Crippen molar-refractivity contribution >= 4 is 0 Å². The maximum Gasteiger partial charge on any atom is 0.000985 e. The van der Waals surface area contributed by atoms with Crippen LogP contribution in [0.15, 0.2) is 0 Å². The van der Waals surface area contributed by atoms with Gasteiger partial charge in [0.1, 0.15) is 0 Å². The summed E-state index contributed by atoms with van der Waals surface area (Å²) in [6.45, 7) is 6.76. The van der Waals surface area contributed by atoms with Gasteiger partial charge in [-0.25, -0.2) is 0 Å². The van der Waals surface area contributed by atoms with Crippen LogP contribution in [0.2, 0.25) is 0 Å². The van der Waals surface area contributed by atoms with Gasteiger partial charge in [-0.3, -0.25) is 0 Å². The maximum absolute atomic E-state index is 2.46. The standard InChI is InChI=1S/C7H13N.C2H6/c1-8-4-6-2-3-7(6)5-8;1-2/h6-7H,2-5H2,1H3;1-2H3. The summed E-state index contributed by atoms with van der Waals surface area (Å²) in [5, 5.41) is 0. The fourth-order valence-corrected chi connectivity index (χ4v) is 1.99. The van der Waals surface area contributed by atoms with Gasteiger partial charge in [0, 0.05) is 13.1 Å². The predicted molar refractivity (Wildman–Crippen MR) is 45.1 cm³/mol. The molecule has 0 bridgehead atoms. The van der Waals surface area contributed by atoms with E-state index in [1.807, 2.05) is 13.8 Å². The van der Waals surface area contributed by atoms with Crippen molar-refractivity contribution in [3.8, 4) is 0 Å². The van der Waals surface area contributed by atoms with Crippen LogP contribution in [-0.2, 0) is 0 Å². The Bertz CT molecular complexity index is 88.9. The van der Waals surface area contributed by atoms with Crippen LogP contribution in [0.3, 0.4) is 0 Å². The van der Waals surface area contributed by atoms with Crippen LogP contribution in [0.5, 0.6) is 0 Å². The van der Waals surface area contributed by atoms with Crippen molar-refractivity contribution in [2.24, 2.45) is 11.8 Å². The monoisotopic (exact) mass is 141 g/mol. The average Bonchev–Trinajstić information content (AvgIpc) is 2.19. The second-order valence-electron chi connectivity index (χ2n) is 3.32. The molecule has 0 aromatic heterocycles. The molecule has 1 aliphatic heterocycles. The highest BCUT2D eigenvalue weighted by atomic mass is 15.1. The van der Waals surface area contributed by atoms with Crippen molar-refractivity contribution in [2.45, 2.75) is 26.7 Å². The minimum Gasteiger partial charge on any atom is -0.306 e. The van der Waals surface area contributed by atoms with Crippen LogP contribution >= 0.6 is 0 Å². The van der Waals surface area contributed by atoms with E-state index in [1.165, 1.54) is 25.9 Å². The molecule has 1 heterocycles. The molecule has 2 fully saturated rings. The van der Waals surface area contributed by atoms with E-state index >= 15 is 0 Å². The lowest BCUT2D eigenvalue weighted by Gasteiger charge is -2.28. The van der Waals surface area contributed by atoms with E-state index in [-0.39, 0.29) is 0 Å². The number of likely N-dealkylation sites (tertiary alicyclic amines) is 1. The summed E-state index contributed by atoms with van der Waals surface area (Å²) in [4.78, 5) is 2.46. The molecule has 0 spiro atoms. The Morgan fingerprint density at radius 2 is 1.40 bits per heavy atom. The Hall–Kier alpha value is -0.0400. The molecule has 1 saturated carbocycles. The Morgan fingerprint density at radius 1 is 1.00 bits per heavy atom. The van der Waals surface area contributed by atoms with Crippen LogP contribution in [-0.4, -0.2) is 25.0 Å². The highest BCUT2D eigenvalue weighted by Gasteiger charge is 2.37. The SMILES string of the molecule is CC.CN1CC2CCC2C1. The van der Waals surface area contributed by atoms with E-state index in [2.05, 4.69) is 11.9 Å². The maximum atomic E-state index is 2.46. The summed E-state index contributed by atoms with van der Waals surface area (Å²) in [6.07, 6.45) is 3.02. The first-order valence-corrected chi connectivity index (χ1v) is 4.55. The van der Waals surface area contributed by atoms with Crippen molar-refractivity contribution in [1.82, 2.24) is 4.90 Å². The molecule has 10 heavy (non-hydrogen) atoms. The van der Waals surface area contributed by atoms with Crippen molar-refractivity contribution in [1.29, 1.82) is 0 Å². The first-order chi connectivity index (χ1) is 4.86. The molecular formula is C9H19N. The fraction of sp³-hybridized carbons (Fsp3) is 1.00.